The molecule has 0 aliphatic carbocycles. The molecule has 1 aromatic carbocycles. The lowest BCUT2D eigenvalue weighted by Crippen LogP contribution is -2.15. The zero-order chi connectivity index (χ0) is 16.8. The van der Waals surface area contributed by atoms with Crippen LogP contribution in [-0.2, 0) is 6.42 Å². The van der Waals surface area contributed by atoms with E-state index < -0.39 is 5.97 Å². The Balaban J connectivity index is 1.98. The summed E-state index contributed by atoms with van der Waals surface area (Å²) in [5.74, 6) is 0.439. The number of aryl methyl sites for hydroxylation is 2. The molecule has 0 saturated heterocycles. The molecule has 0 unspecified atom stereocenters. The van der Waals surface area contributed by atoms with E-state index in [0.29, 0.717) is 41.8 Å². The number of carboxylic acids is 1. The first-order valence-electron chi connectivity index (χ1n) is 7.74. The van der Waals surface area contributed by atoms with E-state index >= 15 is 0 Å². The standard InChI is InChI=1S/C17H16N2O4S/c1-3-11-15(16(20)21)19-14(9(2)24-17(19)18-11)10-4-5-12-13(8-10)23-7-6-22-12/h4-5,8H,3,6-7H2,1-2H3,(H,20,21). The molecule has 1 N–H and O–H groups in total. The molecule has 0 radical (unpaired) electrons. The molecule has 124 valence electrons. The van der Waals surface area contributed by atoms with E-state index in [1.165, 1.54) is 11.3 Å². The van der Waals surface area contributed by atoms with Crippen molar-refractivity contribution in [3.8, 4) is 22.8 Å². The summed E-state index contributed by atoms with van der Waals surface area (Å²) in [4.78, 5) is 18.0. The van der Waals surface area contributed by atoms with Gasteiger partial charge in [-0.2, -0.15) is 0 Å². The van der Waals surface area contributed by atoms with Crippen LogP contribution in [0.1, 0.15) is 28.0 Å². The average molecular weight is 344 g/mol. The quantitative estimate of drug-likeness (QED) is 0.788. The van der Waals surface area contributed by atoms with Crippen LogP contribution in [0.3, 0.4) is 0 Å². The number of thiazole rings is 1. The summed E-state index contributed by atoms with van der Waals surface area (Å²) < 4.78 is 13.0. The van der Waals surface area contributed by atoms with Gasteiger partial charge < -0.3 is 14.6 Å². The Bertz CT molecular complexity index is 957. The summed E-state index contributed by atoms with van der Waals surface area (Å²) in [6.45, 7) is 4.94. The molecule has 1 aliphatic rings. The van der Waals surface area contributed by atoms with Gasteiger partial charge in [0.05, 0.1) is 11.4 Å². The molecular weight excluding hydrogens is 328 g/mol. The van der Waals surface area contributed by atoms with Crippen LogP contribution >= 0.6 is 11.3 Å². The van der Waals surface area contributed by atoms with Gasteiger partial charge >= 0.3 is 5.97 Å². The molecule has 4 rings (SSSR count). The van der Waals surface area contributed by atoms with Crippen LogP contribution in [-0.4, -0.2) is 33.7 Å². The highest BCUT2D eigenvalue weighted by Crippen LogP contribution is 2.38. The van der Waals surface area contributed by atoms with Crippen LogP contribution < -0.4 is 9.47 Å². The summed E-state index contributed by atoms with van der Waals surface area (Å²) in [6.07, 6.45) is 0.579. The fourth-order valence-corrected chi connectivity index (χ4v) is 4.06. The molecule has 0 bridgehead atoms. The first-order chi connectivity index (χ1) is 11.6. The lowest BCUT2D eigenvalue weighted by Gasteiger charge is -2.19. The minimum Gasteiger partial charge on any atom is -0.486 e. The van der Waals surface area contributed by atoms with E-state index in [-0.39, 0.29) is 5.69 Å². The number of hydrogen-bond acceptors (Lipinski definition) is 5. The Morgan fingerprint density at radius 1 is 1.33 bits per heavy atom. The SMILES string of the molecule is CCc1nc2sc(C)c(-c3ccc4c(c3)OCCO4)n2c1C(=O)O. The minimum atomic E-state index is -0.962. The van der Waals surface area contributed by atoms with Crippen LogP contribution in [0, 0.1) is 6.92 Å². The van der Waals surface area contributed by atoms with Gasteiger partial charge in [-0.25, -0.2) is 9.78 Å². The summed E-state index contributed by atoms with van der Waals surface area (Å²) >= 11 is 1.50. The Hall–Kier alpha value is -2.54. The van der Waals surface area contributed by atoms with Crippen LogP contribution in [0.25, 0.3) is 16.2 Å². The lowest BCUT2D eigenvalue weighted by molar-refractivity contribution is 0.0688. The maximum Gasteiger partial charge on any atom is 0.354 e. The number of hydrogen-bond donors (Lipinski definition) is 1. The van der Waals surface area contributed by atoms with Crippen molar-refractivity contribution in [3.63, 3.8) is 0 Å². The van der Waals surface area contributed by atoms with E-state index in [2.05, 4.69) is 4.98 Å². The van der Waals surface area contributed by atoms with Crippen molar-refractivity contribution in [1.29, 1.82) is 0 Å². The number of fused-ring (bicyclic) bond motifs is 2. The Morgan fingerprint density at radius 2 is 2.08 bits per heavy atom. The topological polar surface area (TPSA) is 73.1 Å². The molecule has 0 fully saturated rings. The molecular formula is C17H16N2O4S. The van der Waals surface area contributed by atoms with Gasteiger partial charge in [0.2, 0.25) is 0 Å². The zero-order valence-corrected chi connectivity index (χ0v) is 14.1. The zero-order valence-electron chi connectivity index (χ0n) is 13.3. The van der Waals surface area contributed by atoms with Crippen LogP contribution in [0.5, 0.6) is 11.5 Å². The summed E-state index contributed by atoms with van der Waals surface area (Å²) in [5.41, 5.74) is 2.58. The smallest absolute Gasteiger partial charge is 0.354 e. The Labute approximate surface area is 142 Å². The van der Waals surface area contributed by atoms with E-state index in [9.17, 15) is 9.90 Å². The van der Waals surface area contributed by atoms with Gasteiger partial charge in [-0.3, -0.25) is 4.40 Å². The van der Waals surface area contributed by atoms with Crippen molar-refractivity contribution >= 4 is 22.3 Å². The van der Waals surface area contributed by atoms with Gasteiger partial charge in [-0.05, 0) is 31.5 Å². The fourth-order valence-electron chi connectivity index (χ4n) is 3.05. The number of carbonyl (C=O) groups is 1. The third kappa shape index (κ3) is 2.16. The molecule has 0 atom stereocenters. The molecule has 6 nitrogen and oxygen atoms in total. The Kier molecular flexibility index (Phi) is 3.45. The number of carboxylic acid groups (broad SMARTS) is 1. The van der Waals surface area contributed by atoms with Crippen LogP contribution in [0.4, 0.5) is 0 Å². The molecule has 7 heteroatoms. The van der Waals surface area contributed by atoms with Gasteiger partial charge in [0.1, 0.15) is 13.2 Å². The number of nitrogens with zero attached hydrogens (tertiary/aromatic N) is 2. The van der Waals surface area contributed by atoms with Crippen LogP contribution in [0.2, 0.25) is 0 Å². The third-order valence-corrected chi connectivity index (χ3v) is 5.03. The largest absolute Gasteiger partial charge is 0.486 e. The molecule has 1 aliphatic heterocycles. The summed E-state index contributed by atoms with van der Waals surface area (Å²) in [5, 5.41) is 9.66. The number of ether oxygens (including phenoxy) is 2. The second-order valence-corrected chi connectivity index (χ2v) is 6.73. The molecule has 3 aromatic rings. The van der Waals surface area contributed by atoms with Crippen molar-refractivity contribution in [1.82, 2.24) is 9.38 Å². The second-order valence-electron chi connectivity index (χ2n) is 5.55. The average Bonchev–Trinajstić information content (AvgIpc) is 3.08. The number of aromatic nitrogens is 2. The van der Waals surface area contributed by atoms with Gasteiger partial charge in [0, 0.05) is 10.4 Å². The molecule has 0 saturated carbocycles. The van der Waals surface area contributed by atoms with Gasteiger partial charge in [-0.15, -0.1) is 11.3 Å². The highest BCUT2D eigenvalue weighted by molar-refractivity contribution is 7.17. The summed E-state index contributed by atoms with van der Waals surface area (Å²) in [7, 11) is 0. The number of aromatic carboxylic acids is 1. The highest BCUT2D eigenvalue weighted by atomic mass is 32.1. The van der Waals surface area contributed by atoms with Gasteiger partial charge in [0.25, 0.3) is 0 Å². The molecule has 0 amide bonds. The van der Waals surface area contributed by atoms with Crippen LogP contribution in [0.15, 0.2) is 18.2 Å². The van der Waals surface area contributed by atoms with E-state index in [1.807, 2.05) is 32.0 Å². The van der Waals surface area contributed by atoms with Crippen molar-refractivity contribution in [2.45, 2.75) is 20.3 Å². The fraction of sp³-hybridized carbons (Fsp3) is 0.294. The minimum absolute atomic E-state index is 0.238. The first kappa shape index (κ1) is 15.0. The van der Waals surface area contributed by atoms with Gasteiger partial charge in [-0.1, -0.05) is 6.92 Å². The maximum atomic E-state index is 11.8. The molecule has 24 heavy (non-hydrogen) atoms. The molecule has 3 heterocycles. The van der Waals surface area contributed by atoms with Crippen molar-refractivity contribution in [2.75, 3.05) is 13.2 Å². The van der Waals surface area contributed by atoms with Crippen molar-refractivity contribution in [3.05, 3.63) is 34.5 Å². The Morgan fingerprint density at radius 3 is 2.79 bits per heavy atom. The monoisotopic (exact) mass is 344 g/mol. The predicted molar refractivity (Wildman–Crippen MR) is 90.6 cm³/mol. The van der Waals surface area contributed by atoms with E-state index in [1.54, 1.807) is 4.40 Å². The second kappa shape index (κ2) is 5.52. The number of benzene rings is 1. The van der Waals surface area contributed by atoms with Crippen molar-refractivity contribution < 1.29 is 19.4 Å². The van der Waals surface area contributed by atoms with Crippen molar-refractivity contribution in [2.24, 2.45) is 0 Å². The highest BCUT2D eigenvalue weighted by Gasteiger charge is 2.24. The lowest BCUT2D eigenvalue weighted by atomic mass is 10.1. The summed E-state index contributed by atoms with van der Waals surface area (Å²) in [6, 6.07) is 5.70. The first-order valence-corrected chi connectivity index (χ1v) is 8.55. The third-order valence-electron chi connectivity index (χ3n) is 4.07. The van der Waals surface area contributed by atoms with Gasteiger partial charge in [0.15, 0.2) is 22.2 Å². The predicted octanol–water partition coefficient (Wildman–Crippen LogP) is 3.40. The number of imidazole rings is 1. The molecule has 0 spiro atoms. The van der Waals surface area contributed by atoms with E-state index in [4.69, 9.17) is 9.47 Å². The molecule has 2 aromatic heterocycles. The number of rotatable bonds is 3. The van der Waals surface area contributed by atoms with E-state index in [0.717, 1.165) is 16.1 Å². The normalized spacial score (nSPS) is 13.4. The maximum absolute atomic E-state index is 11.8.